The number of carbonyl (C=O) groups excluding carboxylic acids is 2. The van der Waals surface area contributed by atoms with E-state index >= 15 is 0 Å². The largest absolute Gasteiger partial charge is 0.494 e. The molecule has 5 nitrogen and oxygen atoms in total. The van der Waals surface area contributed by atoms with Crippen LogP contribution < -0.4 is 14.8 Å². The van der Waals surface area contributed by atoms with Gasteiger partial charge in [-0.05, 0) is 42.8 Å². The molecule has 0 aromatic heterocycles. The first-order chi connectivity index (χ1) is 11.7. The van der Waals surface area contributed by atoms with E-state index in [2.05, 4.69) is 5.32 Å². The lowest BCUT2D eigenvalue weighted by atomic mass is 10.2. The number of amides is 1. The van der Waals surface area contributed by atoms with Gasteiger partial charge in [0.2, 0.25) is 0 Å². The Labute approximate surface area is 141 Å². The van der Waals surface area contributed by atoms with Crippen LogP contribution in [0.5, 0.6) is 11.5 Å². The predicted octanol–water partition coefficient (Wildman–Crippen LogP) is 3.20. The summed E-state index contributed by atoms with van der Waals surface area (Å²) in [5, 5.41) is 2.69. The molecule has 0 aliphatic carbocycles. The van der Waals surface area contributed by atoms with Gasteiger partial charge in [-0.3, -0.25) is 9.59 Å². The van der Waals surface area contributed by atoms with Gasteiger partial charge in [0.25, 0.3) is 5.91 Å². The van der Waals surface area contributed by atoms with Gasteiger partial charge in [0.05, 0.1) is 13.0 Å². The number of ether oxygens (including phenoxy) is 2. The third-order valence-electron chi connectivity index (χ3n) is 3.18. The average molecular weight is 327 g/mol. The summed E-state index contributed by atoms with van der Waals surface area (Å²) in [5.41, 5.74) is 0.563. The van der Waals surface area contributed by atoms with Crippen LogP contribution in [0.2, 0.25) is 0 Å². The monoisotopic (exact) mass is 327 g/mol. The van der Waals surface area contributed by atoms with E-state index in [1.165, 1.54) is 0 Å². The lowest BCUT2D eigenvalue weighted by Gasteiger charge is -2.08. The Kier molecular flexibility index (Phi) is 6.83. The molecule has 0 aliphatic heterocycles. The molecule has 2 aromatic carbocycles. The van der Waals surface area contributed by atoms with Gasteiger partial charge in [-0.1, -0.05) is 25.1 Å². The lowest BCUT2D eigenvalue weighted by molar-refractivity contribution is -0.134. The van der Waals surface area contributed by atoms with Crippen LogP contribution in [0.15, 0.2) is 54.6 Å². The van der Waals surface area contributed by atoms with Crippen molar-refractivity contribution in [3.8, 4) is 11.5 Å². The average Bonchev–Trinajstić information content (AvgIpc) is 2.62. The third-order valence-corrected chi connectivity index (χ3v) is 3.18. The van der Waals surface area contributed by atoms with Crippen molar-refractivity contribution < 1.29 is 19.1 Å². The molecule has 0 fully saturated rings. The molecule has 0 atom stereocenters. The van der Waals surface area contributed by atoms with Crippen molar-refractivity contribution in [2.24, 2.45) is 0 Å². The maximum absolute atomic E-state index is 11.8. The van der Waals surface area contributed by atoms with E-state index in [0.29, 0.717) is 17.9 Å². The van der Waals surface area contributed by atoms with Crippen molar-refractivity contribution in [3.05, 3.63) is 60.2 Å². The minimum Gasteiger partial charge on any atom is -0.494 e. The molecule has 0 unspecified atom stereocenters. The first-order valence-electron chi connectivity index (χ1n) is 7.96. The zero-order chi connectivity index (χ0) is 17.2. The van der Waals surface area contributed by atoms with E-state index in [1.54, 1.807) is 48.5 Å². The third kappa shape index (κ3) is 5.76. The summed E-state index contributed by atoms with van der Waals surface area (Å²) in [5.74, 6) is 0.594. The van der Waals surface area contributed by atoms with Crippen LogP contribution >= 0.6 is 0 Å². The zero-order valence-corrected chi connectivity index (χ0v) is 13.7. The standard InChI is InChI=1S/C19H21NO4/c1-2-14-23-16-8-10-17(11-9-16)24-18(21)12-13-20-19(22)15-6-4-3-5-7-15/h3-11H,2,12-14H2,1H3,(H,20,22). The number of rotatable bonds is 8. The molecule has 2 rings (SSSR count). The number of carbonyl (C=O) groups is 2. The van der Waals surface area contributed by atoms with Crippen molar-refractivity contribution in [2.75, 3.05) is 13.2 Å². The van der Waals surface area contributed by atoms with Gasteiger partial charge in [-0.15, -0.1) is 0 Å². The van der Waals surface area contributed by atoms with E-state index in [-0.39, 0.29) is 18.9 Å². The molecule has 126 valence electrons. The summed E-state index contributed by atoms with van der Waals surface area (Å²) >= 11 is 0. The highest BCUT2D eigenvalue weighted by Crippen LogP contribution is 2.18. The molecule has 0 saturated carbocycles. The fourth-order valence-electron chi connectivity index (χ4n) is 1.98. The Morgan fingerprint density at radius 3 is 2.29 bits per heavy atom. The summed E-state index contributed by atoms with van der Waals surface area (Å²) < 4.78 is 10.7. The zero-order valence-electron chi connectivity index (χ0n) is 13.7. The molecule has 5 heteroatoms. The fraction of sp³-hybridized carbons (Fsp3) is 0.263. The molecular formula is C19H21NO4. The van der Waals surface area contributed by atoms with Crippen LogP contribution in [-0.2, 0) is 4.79 Å². The van der Waals surface area contributed by atoms with Crippen molar-refractivity contribution in [3.63, 3.8) is 0 Å². The van der Waals surface area contributed by atoms with Crippen molar-refractivity contribution in [1.82, 2.24) is 5.32 Å². The van der Waals surface area contributed by atoms with Crippen molar-refractivity contribution in [1.29, 1.82) is 0 Å². The maximum Gasteiger partial charge on any atom is 0.312 e. The van der Waals surface area contributed by atoms with E-state index in [4.69, 9.17) is 9.47 Å². The van der Waals surface area contributed by atoms with Crippen LogP contribution in [0.25, 0.3) is 0 Å². The van der Waals surface area contributed by atoms with Gasteiger partial charge in [0, 0.05) is 12.1 Å². The molecule has 0 saturated heterocycles. The smallest absolute Gasteiger partial charge is 0.312 e. The lowest BCUT2D eigenvalue weighted by Crippen LogP contribution is -2.27. The van der Waals surface area contributed by atoms with Crippen molar-refractivity contribution in [2.45, 2.75) is 19.8 Å². The minimum atomic E-state index is -0.398. The number of benzene rings is 2. The second kappa shape index (κ2) is 9.35. The summed E-state index contributed by atoms with van der Waals surface area (Å²) in [6, 6.07) is 15.7. The van der Waals surface area contributed by atoms with Crippen LogP contribution in [0.4, 0.5) is 0 Å². The van der Waals surface area contributed by atoms with Gasteiger partial charge >= 0.3 is 5.97 Å². The molecule has 0 radical (unpaired) electrons. The van der Waals surface area contributed by atoms with E-state index in [9.17, 15) is 9.59 Å². The Hall–Kier alpha value is -2.82. The predicted molar refractivity (Wildman–Crippen MR) is 91.3 cm³/mol. The first kappa shape index (κ1) is 17.5. The van der Waals surface area contributed by atoms with E-state index in [1.807, 2.05) is 13.0 Å². The number of hydrogen-bond acceptors (Lipinski definition) is 4. The van der Waals surface area contributed by atoms with Crippen LogP contribution in [-0.4, -0.2) is 25.0 Å². The van der Waals surface area contributed by atoms with Gasteiger partial charge in [-0.2, -0.15) is 0 Å². The Morgan fingerprint density at radius 1 is 0.958 bits per heavy atom. The highest BCUT2D eigenvalue weighted by Gasteiger charge is 2.08. The molecule has 0 spiro atoms. The summed E-state index contributed by atoms with van der Waals surface area (Å²) in [6.45, 7) is 2.91. The van der Waals surface area contributed by atoms with Gasteiger partial charge in [-0.25, -0.2) is 0 Å². The number of esters is 1. The normalized spacial score (nSPS) is 10.0. The number of hydrogen-bond donors (Lipinski definition) is 1. The van der Waals surface area contributed by atoms with Crippen LogP contribution in [0.3, 0.4) is 0 Å². The summed E-state index contributed by atoms with van der Waals surface area (Å²) in [4.78, 5) is 23.6. The van der Waals surface area contributed by atoms with Crippen LogP contribution in [0, 0.1) is 0 Å². The SMILES string of the molecule is CCCOc1ccc(OC(=O)CCNC(=O)c2ccccc2)cc1. The highest BCUT2D eigenvalue weighted by atomic mass is 16.5. The maximum atomic E-state index is 11.8. The van der Waals surface area contributed by atoms with Crippen LogP contribution in [0.1, 0.15) is 30.1 Å². The molecule has 1 amide bonds. The molecule has 0 bridgehead atoms. The Bertz CT molecular complexity index is 653. The molecule has 24 heavy (non-hydrogen) atoms. The number of nitrogens with one attached hydrogen (secondary N) is 1. The molecule has 1 N–H and O–H groups in total. The molecule has 0 aliphatic rings. The highest BCUT2D eigenvalue weighted by molar-refractivity contribution is 5.94. The topological polar surface area (TPSA) is 64.6 Å². The Morgan fingerprint density at radius 2 is 1.62 bits per heavy atom. The first-order valence-corrected chi connectivity index (χ1v) is 7.96. The second-order valence-electron chi connectivity index (χ2n) is 5.17. The van der Waals surface area contributed by atoms with Gasteiger partial charge in [0.15, 0.2) is 0 Å². The van der Waals surface area contributed by atoms with Gasteiger partial charge in [0.1, 0.15) is 11.5 Å². The minimum absolute atomic E-state index is 0.104. The van der Waals surface area contributed by atoms with Crippen molar-refractivity contribution >= 4 is 11.9 Å². The summed E-state index contributed by atoms with van der Waals surface area (Å²) in [7, 11) is 0. The molecular weight excluding hydrogens is 306 g/mol. The second-order valence-corrected chi connectivity index (χ2v) is 5.17. The van der Waals surface area contributed by atoms with E-state index in [0.717, 1.165) is 12.2 Å². The quantitative estimate of drug-likeness (QED) is 0.597. The Balaban J connectivity index is 1.72. The molecule has 0 heterocycles. The molecule has 2 aromatic rings. The van der Waals surface area contributed by atoms with Gasteiger partial charge < -0.3 is 14.8 Å². The van der Waals surface area contributed by atoms with E-state index < -0.39 is 5.97 Å². The summed E-state index contributed by atoms with van der Waals surface area (Å²) in [6.07, 6.45) is 1.04. The fourth-order valence-corrected chi connectivity index (χ4v) is 1.98.